The van der Waals surface area contributed by atoms with Gasteiger partial charge in [0.1, 0.15) is 11.5 Å². The van der Waals surface area contributed by atoms with E-state index in [1.165, 1.54) is 27.1 Å². The van der Waals surface area contributed by atoms with Crippen molar-refractivity contribution in [3.63, 3.8) is 0 Å². The van der Waals surface area contributed by atoms with Crippen molar-refractivity contribution >= 4 is 32.3 Å². The van der Waals surface area contributed by atoms with E-state index in [-0.39, 0.29) is 0 Å². The minimum Gasteiger partial charge on any atom is -0.455 e. The van der Waals surface area contributed by atoms with Crippen LogP contribution in [0.15, 0.2) is 146 Å². The van der Waals surface area contributed by atoms with Crippen LogP contribution in [0.1, 0.15) is 0 Å². The summed E-state index contributed by atoms with van der Waals surface area (Å²) in [4.78, 5) is 10.2. The Bertz CT molecular complexity index is 2340. The van der Waals surface area contributed by atoms with Gasteiger partial charge in [-0.2, -0.15) is 0 Å². The number of ether oxygens (including phenoxy) is 1. The minimum absolute atomic E-state index is 0.680. The van der Waals surface area contributed by atoms with Gasteiger partial charge >= 0.3 is 0 Å². The van der Waals surface area contributed by atoms with Gasteiger partial charge < -0.3 is 4.74 Å². The average molecular weight is 549 g/mol. The quantitative estimate of drug-likeness (QED) is 0.205. The van der Waals surface area contributed by atoms with Crippen LogP contribution in [0.5, 0.6) is 11.5 Å². The molecule has 0 atom stereocenters. The van der Waals surface area contributed by atoms with E-state index in [0.29, 0.717) is 5.82 Å². The summed E-state index contributed by atoms with van der Waals surface area (Å²) in [7, 11) is 0. The van der Waals surface area contributed by atoms with E-state index >= 15 is 0 Å². The zero-order valence-electron chi connectivity index (χ0n) is 23.2. The van der Waals surface area contributed by atoms with Gasteiger partial charge in [-0.05, 0) is 45.5 Å². The number of hydrogen-bond donors (Lipinski definition) is 0. The second-order valence-corrected chi connectivity index (χ2v) is 11.0. The van der Waals surface area contributed by atoms with Gasteiger partial charge in [0, 0.05) is 32.8 Å². The third-order valence-electron chi connectivity index (χ3n) is 8.46. The van der Waals surface area contributed by atoms with Gasteiger partial charge in [0.05, 0.1) is 11.4 Å². The molecule has 8 aromatic rings. The predicted molar refractivity (Wildman–Crippen MR) is 176 cm³/mol. The second-order valence-electron chi connectivity index (χ2n) is 11.0. The SMILES string of the molecule is c1ccc(-c2ccc(-c3nc(-c4ccccc4)cc(-c4ccc5ccc6ccc7cccc8c7c6c5c4O8)n3)cc2)cc1. The van der Waals surface area contributed by atoms with Crippen LogP contribution in [0.4, 0.5) is 0 Å². The molecule has 1 aliphatic heterocycles. The van der Waals surface area contributed by atoms with Gasteiger partial charge in [0.2, 0.25) is 0 Å². The largest absolute Gasteiger partial charge is 0.455 e. The van der Waals surface area contributed by atoms with Crippen LogP contribution in [0.3, 0.4) is 0 Å². The Hall–Kier alpha value is -5.80. The lowest BCUT2D eigenvalue weighted by Gasteiger charge is -2.22. The molecule has 2 heterocycles. The molecule has 0 amide bonds. The Morgan fingerprint density at radius 3 is 1.72 bits per heavy atom. The van der Waals surface area contributed by atoms with Crippen molar-refractivity contribution in [1.82, 2.24) is 9.97 Å². The molecule has 0 radical (unpaired) electrons. The predicted octanol–water partition coefficient (Wildman–Crippen LogP) is 10.7. The third-order valence-corrected chi connectivity index (χ3v) is 8.46. The molecule has 0 N–H and O–H groups in total. The summed E-state index contributed by atoms with van der Waals surface area (Å²) in [5, 5.41) is 7.09. The number of benzene rings is 7. The topological polar surface area (TPSA) is 35.0 Å². The highest BCUT2D eigenvalue weighted by atomic mass is 16.5. The lowest BCUT2D eigenvalue weighted by molar-refractivity contribution is 0.494. The molecule has 0 fully saturated rings. The van der Waals surface area contributed by atoms with Crippen LogP contribution >= 0.6 is 0 Å². The Morgan fingerprint density at radius 1 is 0.395 bits per heavy atom. The Labute approximate surface area is 248 Å². The van der Waals surface area contributed by atoms with Crippen LogP contribution in [0, 0.1) is 0 Å². The average Bonchev–Trinajstić information content (AvgIpc) is 3.09. The normalized spacial score (nSPS) is 11.9. The van der Waals surface area contributed by atoms with E-state index in [2.05, 4.69) is 121 Å². The lowest BCUT2D eigenvalue weighted by atomic mass is 9.91. The van der Waals surface area contributed by atoms with E-state index < -0.39 is 0 Å². The molecule has 3 heteroatoms. The van der Waals surface area contributed by atoms with E-state index in [4.69, 9.17) is 14.7 Å². The van der Waals surface area contributed by atoms with Crippen LogP contribution in [0.2, 0.25) is 0 Å². The van der Waals surface area contributed by atoms with Gasteiger partial charge in [-0.3, -0.25) is 0 Å². The number of nitrogens with zero attached hydrogens (tertiary/aromatic N) is 2. The highest BCUT2D eigenvalue weighted by Crippen LogP contribution is 2.50. The highest BCUT2D eigenvalue weighted by molar-refractivity contribution is 6.26. The summed E-state index contributed by atoms with van der Waals surface area (Å²) in [6.45, 7) is 0. The van der Waals surface area contributed by atoms with Gasteiger partial charge in [-0.1, -0.05) is 127 Å². The smallest absolute Gasteiger partial charge is 0.160 e. The van der Waals surface area contributed by atoms with E-state index in [0.717, 1.165) is 55.9 Å². The fourth-order valence-corrected chi connectivity index (χ4v) is 6.36. The molecule has 0 saturated heterocycles. The lowest BCUT2D eigenvalue weighted by Crippen LogP contribution is -2.00. The molecule has 7 aromatic carbocycles. The maximum atomic E-state index is 6.77. The first-order valence-corrected chi connectivity index (χ1v) is 14.5. The molecule has 1 aromatic heterocycles. The fourth-order valence-electron chi connectivity index (χ4n) is 6.36. The van der Waals surface area contributed by atoms with Crippen LogP contribution < -0.4 is 4.74 Å². The highest BCUT2D eigenvalue weighted by Gasteiger charge is 2.23. The zero-order valence-corrected chi connectivity index (χ0v) is 23.2. The van der Waals surface area contributed by atoms with Crippen molar-refractivity contribution in [2.24, 2.45) is 0 Å². The van der Waals surface area contributed by atoms with Crippen LogP contribution in [0.25, 0.3) is 77.3 Å². The third kappa shape index (κ3) is 3.83. The molecule has 0 saturated carbocycles. The van der Waals surface area contributed by atoms with E-state index in [1.807, 2.05) is 24.3 Å². The summed E-state index contributed by atoms with van der Waals surface area (Å²) in [6, 6.07) is 50.7. The van der Waals surface area contributed by atoms with Crippen molar-refractivity contribution in [1.29, 1.82) is 0 Å². The van der Waals surface area contributed by atoms with Crippen LogP contribution in [-0.4, -0.2) is 9.97 Å². The van der Waals surface area contributed by atoms with Crippen molar-refractivity contribution < 1.29 is 4.74 Å². The first-order chi connectivity index (χ1) is 21.3. The van der Waals surface area contributed by atoms with Gasteiger partial charge in [0.25, 0.3) is 0 Å². The van der Waals surface area contributed by atoms with E-state index in [9.17, 15) is 0 Å². The molecule has 43 heavy (non-hydrogen) atoms. The maximum Gasteiger partial charge on any atom is 0.160 e. The standard InChI is InChI=1S/C40H24N2O/c1-3-8-25(9-4-1)26-14-20-31(21-15-26)40-41-33(27-10-5-2-6-11-27)24-34(42-40)32-23-22-30-19-18-29-17-16-28-12-7-13-35-36(28)37(29)38(30)39(32)43-35/h1-24H. The summed E-state index contributed by atoms with van der Waals surface area (Å²) >= 11 is 0. The molecule has 0 spiro atoms. The van der Waals surface area contributed by atoms with Gasteiger partial charge in [-0.25, -0.2) is 9.97 Å². The van der Waals surface area contributed by atoms with Crippen molar-refractivity contribution in [2.75, 3.05) is 0 Å². The summed E-state index contributed by atoms with van der Waals surface area (Å²) in [5.41, 5.74) is 7.00. The molecular formula is C40H24N2O. The van der Waals surface area contributed by atoms with Crippen molar-refractivity contribution in [3.05, 3.63) is 146 Å². The molecule has 1 aliphatic rings. The number of rotatable bonds is 4. The first kappa shape index (κ1) is 23.9. The summed E-state index contributed by atoms with van der Waals surface area (Å²) < 4.78 is 6.77. The second kappa shape index (κ2) is 9.37. The Kier molecular flexibility index (Phi) is 5.20. The molecule has 0 bridgehead atoms. The van der Waals surface area contributed by atoms with Crippen molar-refractivity contribution in [3.8, 4) is 56.5 Å². The molecule has 3 nitrogen and oxygen atoms in total. The number of aromatic nitrogens is 2. The number of hydrogen-bond acceptors (Lipinski definition) is 3. The first-order valence-electron chi connectivity index (χ1n) is 14.5. The zero-order chi connectivity index (χ0) is 28.3. The Balaban J connectivity index is 1.28. The maximum absolute atomic E-state index is 6.77. The molecule has 200 valence electrons. The monoisotopic (exact) mass is 548 g/mol. The Morgan fingerprint density at radius 2 is 0.977 bits per heavy atom. The molecular weight excluding hydrogens is 524 g/mol. The van der Waals surface area contributed by atoms with Crippen LogP contribution in [-0.2, 0) is 0 Å². The van der Waals surface area contributed by atoms with Gasteiger partial charge in [0.15, 0.2) is 5.82 Å². The fraction of sp³-hybridized carbons (Fsp3) is 0. The molecule has 0 aliphatic carbocycles. The molecule has 9 rings (SSSR count). The van der Waals surface area contributed by atoms with Crippen molar-refractivity contribution in [2.45, 2.75) is 0 Å². The van der Waals surface area contributed by atoms with E-state index in [1.54, 1.807) is 0 Å². The summed E-state index contributed by atoms with van der Waals surface area (Å²) in [5.74, 6) is 2.40. The minimum atomic E-state index is 0.680. The molecule has 0 unspecified atom stereocenters. The van der Waals surface area contributed by atoms with Gasteiger partial charge in [-0.15, -0.1) is 0 Å². The summed E-state index contributed by atoms with van der Waals surface area (Å²) in [6.07, 6.45) is 0.